The van der Waals surface area contributed by atoms with Crippen molar-refractivity contribution >= 4 is 17.7 Å². The molecule has 0 aliphatic carbocycles. The second kappa shape index (κ2) is 4.08. The molecule has 0 aliphatic heterocycles. The summed E-state index contributed by atoms with van der Waals surface area (Å²) in [6, 6.07) is 0.0650. The molecule has 1 aromatic rings. The summed E-state index contributed by atoms with van der Waals surface area (Å²) in [5.41, 5.74) is -0.0284. The Morgan fingerprint density at radius 3 is 2.85 bits per heavy atom. The molecule has 0 fully saturated rings. The monoisotopic (exact) mass is 200 g/mol. The van der Waals surface area contributed by atoms with Crippen molar-refractivity contribution in [3.8, 4) is 6.01 Å². The number of carbonyl (C=O) groups is 1. The summed E-state index contributed by atoms with van der Waals surface area (Å²) >= 11 is 1.28. The lowest BCUT2D eigenvalue weighted by molar-refractivity contribution is 0.0684. The molecule has 0 saturated heterocycles. The number of ether oxygens (including phenoxy) is 1. The van der Waals surface area contributed by atoms with Crippen molar-refractivity contribution in [2.75, 3.05) is 13.4 Å². The smallest absolute Gasteiger partial charge is 0.355 e. The average Bonchev–Trinajstić information content (AvgIpc) is 2.16. The van der Waals surface area contributed by atoms with Gasteiger partial charge in [-0.3, -0.25) is 0 Å². The zero-order valence-corrected chi connectivity index (χ0v) is 7.96. The summed E-state index contributed by atoms with van der Waals surface area (Å²) in [6.07, 6.45) is 3.19. The number of nitrogens with zero attached hydrogens (tertiary/aromatic N) is 2. The fraction of sp³-hybridized carbons (Fsp3) is 0.286. The Hall–Kier alpha value is -1.30. The number of carboxylic acids is 1. The van der Waals surface area contributed by atoms with Crippen LogP contribution in [0, 0.1) is 0 Å². The Morgan fingerprint density at radius 2 is 2.38 bits per heavy atom. The van der Waals surface area contributed by atoms with E-state index >= 15 is 0 Å². The molecule has 0 unspecified atom stereocenters. The van der Waals surface area contributed by atoms with Crippen LogP contribution in [-0.2, 0) is 0 Å². The highest BCUT2D eigenvalue weighted by atomic mass is 32.2. The Labute approximate surface area is 79.2 Å². The first kappa shape index (κ1) is 9.79. The fourth-order valence-electron chi connectivity index (χ4n) is 0.756. The zero-order valence-electron chi connectivity index (χ0n) is 7.14. The van der Waals surface area contributed by atoms with Gasteiger partial charge in [-0.1, -0.05) is 0 Å². The topological polar surface area (TPSA) is 72.3 Å². The van der Waals surface area contributed by atoms with E-state index in [1.54, 1.807) is 6.26 Å². The third-order valence-electron chi connectivity index (χ3n) is 1.34. The van der Waals surface area contributed by atoms with Crippen molar-refractivity contribution < 1.29 is 14.6 Å². The molecule has 0 saturated carbocycles. The van der Waals surface area contributed by atoms with E-state index in [4.69, 9.17) is 9.84 Å². The van der Waals surface area contributed by atoms with E-state index < -0.39 is 5.97 Å². The lowest BCUT2D eigenvalue weighted by atomic mass is 10.4. The van der Waals surface area contributed by atoms with Gasteiger partial charge in [-0.2, -0.15) is 4.98 Å². The third kappa shape index (κ3) is 2.09. The van der Waals surface area contributed by atoms with Gasteiger partial charge in [-0.05, 0) is 6.26 Å². The highest BCUT2D eigenvalue weighted by Gasteiger charge is 2.13. The maximum absolute atomic E-state index is 10.7. The quantitative estimate of drug-likeness (QED) is 0.731. The zero-order chi connectivity index (χ0) is 9.84. The largest absolute Gasteiger partial charge is 0.476 e. The Morgan fingerprint density at radius 1 is 1.69 bits per heavy atom. The highest BCUT2D eigenvalue weighted by molar-refractivity contribution is 7.98. The van der Waals surface area contributed by atoms with Crippen molar-refractivity contribution in [2.24, 2.45) is 0 Å². The summed E-state index contributed by atoms with van der Waals surface area (Å²) in [6.45, 7) is 0. The fourth-order valence-corrected chi connectivity index (χ4v) is 1.24. The summed E-state index contributed by atoms with van der Waals surface area (Å²) in [7, 11) is 1.39. The molecule has 1 rings (SSSR count). The van der Waals surface area contributed by atoms with Crippen LogP contribution in [0.1, 0.15) is 10.5 Å². The van der Waals surface area contributed by atoms with Crippen LogP contribution in [0.2, 0.25) is 0 Å². The minimum Gasteiger partial charge on any atom is -0.476 e. The molecule has 0 aliphatic rings. The molecule has 0 radical (unpaired) electrons. The van der Waals surface area contributed by atoms with Gasteiger partial charge in [0, 0.05) is 6.20 Å². The number of aromatic carboxylic acids is 1. The molecule has 5 nitrogen and oxygen atoms in total. The van der Waals surface area contributed by atoms with Crippen molar-refractivity contribution in [1.29, 1.82) is 0 Å². The van der Waals surface area contributed by atoms with Crippen LogP contribution in [0.4, 0.5) is 0 Å². The van der Waals surface area contributed by atoms with Crippen molar-refractivity contribution in [1.82, 2.24) is 9.97 Å². The summed E-state index contributed by atoms with van der Waals surface area (Å²) < 4.78 is 4.71. The van der Waals surface area contributed by atoms with Crippen LogP contribution >= 0.6 is 11.8 Å². The standard InChI is InChI=1S/C7H8N2O3S/c1-12-7-8-3-4(13-2)5(9-7)6(10)11/h3H,1-2H3,(H,10,11). The molecule has 13 heavy (non-hydrogen) atoms. The first-order valence-electron chi connectivity index (χ1n) is 3.37. The molecule has 0 aromatic carbocycles. The third-order valence-corrected chi connectivity index (χ3v) is 2.08. The molecular formula is C7H8N2O3S. The van der Waals surface area contributed by atoms with Gasteiger partial charge >= 0.3 is 12.0 Å². The first-order chi connectivity index (χ1) is 6.19. The predicted octanol–water partition coefficient (Wildman–Crippen LogP) is 0.905. The van der Waals surface area contributed by atoms with Crippen molar-refractivity contribution in [3.05, 3.63) is 11.9 Å². The van der Waals surface area contributed by atoms with E-state index in [-0.39, 0.29) is 11.7 Å². The van der Waals surface area contributed by atoms with Gasteiger partial charge in [-0.25, -0.2) is 9.78 Å². The van der Waals surface area contributed by atoms with E-state index in [0.717, 1.165) is 0 Å². The van der Waals surface area contributed by atoms with E-state index in [9.17, 15) is 4.79 Å². The van der Waals surface area contributed by atoms with E-state index in [0.29, 0.717) is 4.90 Å². The number of thioether (sulfide) groups is 1. The second-order valence-corrected chi connectivity index (χ2v) is 2.93. The SMILES string of the molecule is COc1ncc(SC)c(C(=O)O)n1. The Kier molecular flexibility index (Phi) is 3.07. The summed E-state index contributed by atoms with van der Waals surface area (Å²) in [4.78, 5) is 18.7. The molecular weight excluding hydrogens is 192 g/mol. The lowest BCUT2D eigenvalue weighted by Gasteiger charge is -2.02. The van der Waals surface area contributed by atoms with E-state index in [2.05, 4.69) is 9.97 Å². The van der Waals surface area contributed by atoms with Crippen LogP contribution < -0.4 is 4.74 Å². The molecule has 0 bridgehead atoms. The van der Waals surface area contributed by atoms with Gasteiger partial charge < -0.3 is 9.84 Å². The minimum atomic E-state index is -1.08. The molecule has 0 atom stereocenters. The number of rotatable bonds is 3. The van der Waals surface area contributed by atoms with Gasteiger partial charge in [0.25, 0.3) is 0 Å². The van der Waals surface area contributed by atoms with Gasteiger partial charge in [0.2, 0.25) is 0 Å². The number of hydrogen-bond acceptors (Lipinski definition) is 5. The molecule has 1 heterocycles. The number of aromatic nitrogens is 2. The van der Waals surface area contributed by atoms with E-state index in [1.807, 2.05) is 0 Å². The summed E-state index contributed by atoms with van der Waals surface area (Å²) in [5.74, 6) is -1.08. The predicted molar refractivity (Wildman–Crippen MR) is 47.3 cm³/mol. The van der Waals surface area contributed by atoms with Crippen LogP contribution in [0.25, 0.3) is 0 Å². The molecule has 0 spiro atoms. The first-order valence-corrected chi connectivity index (χ1v) is 4.59. The van der Waals surface area contributed by atoms with Crippen molar-refractivity contribution in [3.63, 3.8) is 0 Å². The molecule has 1 aromatic heterocycles. The van der Waals surface area contributed by atoms with Gasteiger partial charge in [0.15, 0.2) is 5.69 Å². The number of hydrogen-bond donors (Lipinski definition) is 1. The van der Waals surface area contributed by atoms with Crippen LogP contribution in [0.3, 0.4) is 0 Å². The normalized spacial score (nSPS) is 9.69. The van der Waals surface area contributed by atoms with Gasteiger partial charge in [0.1, 0.15) is 0 Å². The molecule has 0 amide bonds. The minimum absolute atomic E-state index is 0.0284. The maximum Gasteiger partial charge on any atom is 0.355 e. The lowest BCUT2D eigenvalue weighted by Crippen LogP contribution is -2.05. The summed E-state index contributed by atoms with van der Waals surface area (Å²) in [5, 5.41) is 8.76. The van der Waals surface area contributed by atoms with Crippen LogP contribution in [0.5, 0.6) is 6.01 Å². The second-order valence-electron chi connectivity index (χ2n) is 2.08. The van der Waals surface area contributed by atoms with Gasteiger partial charge in [0.05, 0.1) is 12.0 Å². The molecule has 1 N–H and O–H groups in total. The number of methoxy groups -OCH3 is 1. The Balaban J connectivity index is 3.18. The van der Waals surface area contributed by atoms with Gasteiger partial charge in [-0.15, -0.1) is 11.8 Å². The average molecular weight is 200 g/mol. The van der Waals surface area contributed by atoms with Crippen LogP contribution in [-0.4, -0.2) is 34.4 Å². The Bertz CT molecular complexity index is 330. The molecule has 70 valence electrons. The van der Waals surface area contributed by atoms with Crippen molar-refractivity contribution in [2.45, 2.75) is 4.90 Å². The highest BCUT2D eigenvalue weighted by Crippen LogP contribution is 2.19. The number of carboxylic acid groups (broad SMARTS) is 1. The maximum atomic E-state index is 10.7. The van der Waals surface area contributed by atoms with E-state index in [1.165, 1.54) is 25.1 Å². The van der Waals surface area contributed by atoms with Crippen LogP contribution in [0.15, 0.2) is 11.1 Å². The molecule has 6 heteroatoms.